The van der Waals surface area contributed by atoms with Gasteiger partial charge in [0.1, 0.15) is 5.78 Å². The summed E-state index contributed by atoms with van der Waals surface area (Å²) < 4.78 is 0. The summed E-state index contributed by atoms with van der Waals surface area (Å²) >= 11 is 0. The summed E-state index contributed by atoms with van der Waals surface area (Å²) in [5, 5.41) is 0. The molecule has 0 spiro atoms. The molecule has 1 rings (SSSR count). The van der Waals surface area contributed by atoms with Gasteiger partial charge in [-0.05, 0) is 32.7 Å². The summed E-state index contributed by atoms with van der Waals surface area (Å²) in [7, 11) is 2.11. The van der Waals surface area contributed by atoms with Gasteiger partial charge in [-0.1, -0.05) is 13.8 Å². The third kappa shape index (κ3) is 3.47. The van der Waals surface area contributed by atoms with Crippen LogP contribution >= 0.6 is 0 Å². The molecule has 1 aliphatic carbocycles. The summed E-state index contributed by atoms with van der Waals surface area (Å²) in [6.45, 7) is 7.79. The summed E-state index contributed by atoms with van der Waals surface area (Å²) in [5.41, 5.74) is -0.177. The molecule has 0 N–H and O–H groups in total. The van der Waals surface area contributed by atoms with E-state index in [1.165, 1.54) is 12.8 Å². The number of carbonyl (C=O) groups is 1. The standard InChI is InChI=1S/C11H21NO/c1-9(13)11(2,3)8-12(4)7-10-5-6-10/h10H,5-8H2,1-4H3. The van der Waals surface area contributed by atoms with Gasteiger partial charge in [0.25, 0.3) is 0 Å². The summed E-state index contributed by atoms with van der Waals surface area (Å²) in [5.74, 6) is 1.20. The maximum Gasteiger partial charge on any atom is 0.136 e. The van der Waals surface area contributed by atoms with Crippen LogP contribution in [-0.4, -0.2) is 30.8 Å². The Kier molecular flexibility index (Phi) is 3.12. The first-order valence-electron chi connectivity index (χ1n) is 5.11. The summed E-state index contributed by atoms with van der Waals surface area (Å²) in [6, 6.07) is 0. The molecule has 0 heterocycles. The Morgan fingerprint density at radius 2 is 2.00 bits per heavy atom. The second kappa shape index (κ2) is 3.79. The zero-order chi connectivity index (χ0) is 10.1. The van der Waals surface area contributed by atoms with E-state index in [9.17, 15) is 4.79 Å². The van der Waals surface area contributed by atoms with Crippen LogP contribution in [-0.2, 0) is 4.79 Å². The number of hydrogen-bond acceptors (Lipinski definition) is 2. The smallest absolute Gasteiger partial charge is 0.136 e. The number of ketones is 1. The molecule has 0 bridgehead atoms. The Bertz CT molecular complexity index is 194. The van der Waals surface area contributed by atoms with Gasteiger partial charge < -0.3 is 4.90 Å². The first-order valence-corrected chi connectivity index (χ1v) is 5.11. The average molecular weight is 183 g/mol. The zero-order valence-corrected chi connectivity index (χ0v) is 9.26. The highest BCUT2D eigenvalue weighted by Crippen LogP contribution is 2.30. The number of nitrogens with zero attached hydrogens (tertiary/aromatic N) is 1. The van der Waals surface area contributed by atoms with Gasteiger partial charge in [0, 0.05) is 18.5 Å². The Balaban J connectivity index is 2.32. The van der Waals surface area contributed by atoms with Crippen molar-refractivity contribution in [2.75, 3.05) is 20.1 Å². The Hall–Kier alpha value is -0.370. The van der Waals surface area contributed by atoms with Gasteiger partial charge in [0.2, 0.25) is 0 Å². The Morgan fingerprint density at radius 3 is 2.38 bits per heavy atom. The molecule has 13 heavy (non-hydrogen) atoms. The largest absolute Gasteiger partial charge is 0.305 e. The van der Waals surface area contributed by atoms with Crippen LogP contribution in [0.4, 0.5) is 0 Å². The van der Waals surface area contributed by atoms with Crippen molar-refractivity contribution in [3.05, 3.63) is 0 Å². The van der Waals surface area contributed by atoms with E-state index in [4.69, 9.17) is 0 Å². The van der Waals surface area contributed by atoms with Gasteiger partial charge in [0.15, 0.2) is 0 Å². The normalized spacial score (nSPS) is 17.9. The van der Waals surface area contributed by atoms with E-state index in [1.54, 1.807) is 6.92 Å². The molecule has 0 unspecified atom stereocenters. The fourth-order valence-electron chi connectivity index (χ4n) is 1.59. The van der Waals surface area contributed by atoms with Crippen molar-refractivity contribution in [3.63, 3.8) is 0 Å². The van der Waals surface area contributed by atoms with Crippen molar-refractivity contribution in [2.24, 2.45) is 11.3 Å². The van der Waals surface area contributed by atoms with E-state index in [0.29, 0.717) is 0 Å². The predicted octanol–water partition coefficient (Wildman–Crippen LogP) is 1.94. The van der Waals surface area contributed by atoms with Gasteiger partial charge in [0.05, 0.1) is 0 Å². The quantitative estimate of drug-likeness (QED) is 0.649. The molecule has 0 amide bonds. The molecule has 1 fully saturated rings. The van der Waals surface area contributed by atoms with E-state index >= 15 is 0 Å². The SMILES string of the molecule is CC(=O)C(C)(C)CN(C)CC1CC1. The van der Waals surface area contributed by atoms with Crippen LogP contribution in [0.15, 0.2) is 0 Å². The molecule has 76 valence electrons. The minimum atomic E-state index is -0.177. The lowest BCUT2D eigenvalue weighted by atomic mass is 9.88. The molecule has 0 saturated heterocycles. The van der Waals surface area contributed by atoms with E-state index in [0.717, 1.165) is 19.0 Å². The van der Waals surface area contributed by atoms with Gasteiger partial charge in [-0.3, -0.25) is 4.79 Å². The van der Waals surface area contributed by atoms with E-state index in [-0.39, 0.29) is 11.2 Å². The van der Waals surface area contributed by atoms with Crippen molar-refractivity contribution in [1.82, 2.24) is 4.90 Å². The monoisotopic (exact) mass is 183 g/mol. The fourth-order valence-corrected chi connectivity index (χ4v) is 1.59. The molecule has 0 aliphatic heterocycles. The number of carbonyl (C=O) groups excluding carboxylic acids is 1. The van der Waals surface area contributed by atoms with Crippen LogP contribution in [0.5, 0.6) is 0 Å². The van der Waals surface area contributed by atoms with Crippen LogP contribution in [0, 0.1) is 11.3 Å². The lowest BCUT2D eigenvalue weighted by Gasteiger charge is -2.27. The van der Waals surface area contributed by atoms with Gasteiger partial charge >= 0.3 is 0 Å². The van der Waals surface area contributed by atoms with Gasteiger partial charge in [-0.25, -0.2) is 0 Å². The fraction of sp³-hybridized carbons (Fsp3) is 0.909. The van der Waals surface area contributed by atoms with Crippen molar-refractivity contribution >= 4 is 5.78 Å². The zero-order valence-electron chi connectivity index (χ0n) is 9.26. The maximum atomic E-state index is 11.3. The first-order chi connectivity index (χ1) is 5.92. The molecule has 1 saturated carbocycles. The van der Waals surface area contributed by atoms with Crippen LogP contribution in [0.2, 0.25) is 0 Å². The first kappa shape index (κ1) is 10.7. The Morgan fingerprint density at radius 1 is 1.46 bits per heavy atom. The molecule has 0 atom stereocenters. The molecule has 2 nitrogen and oxygen atoms in total. The van der Waals surface area contributed by atoms with Crippen LogP contribution in [0.3, 0.4) is 0 Å². The third-order valence-electron chi connectivity index (χ3n) is 2.89. The van der Waals surface area contributed by atoms with Crippen molar-refractivity contribution < 1.29 is 4.79 Å². The highest BCUT2D eigenvalue weighted by molar-refractivity contribution is 5.81. The minimum absolute atomic E-state index is 0.177. The van der Waals surface area contributed by atoms with E-state index < -0.39 is 0 Å². The van der Waals surface area contributed by atoms with Gasteiger partial charge in [-0.2, -0.15) is 0 Å². The molecule has 0 aromatic heterocycles. The van der Waals surface area contributed by atoms with Crippen molar-refractivity contribution in [3.8, 4) is 0 Å². The molecular formula is C11H21NO. The minimum Gasteiger partial charge on any atom is -0.305 e. The second-order valence-electron chi connectivity index (χ2n) is 5.08. The molecular weight excluding hydrogens is 162 g/mol. The van der Waals surface area contributed by atoms with E-state index in [2.05, 4.69) is 11.9 Å². The summed E-state index contributed by atoms with van der Waals surface area (Å²) in [4.78, 5) is 13.6. The second-order valence-corrected chi connectivity index (χ2v) is 5.08. The maximum absolute atomic E-state index is 11.3. The van der Waals surface area contributed by atoms with Crippen LogP contribution in [0.25, 0.3) is 0 Å². The summed E-state index contributed by atoms with van der Waals surface area (Å²) in [6.07, 6.45) is 2.76. The number of rotatable bonds is 5. The lowest BCUT2D eigenvalue weighted by Crippen LogP contribution is -2.37. The molecule has 0 radical (unpaired) electrons. The number of Topliss-reactive ketones (excluding diaryl/α,β-unsaturated/α-hetero) is 1. The predicted molar refractivity (Wildman–Crippen MR) is 54.7 cm³/mol. The molecule has 0 aromatic rings. The van der Waals surface area contributed by atoms with Crippen molar-refractivity contribution in [1.29, 1.82) is 0 Å². The molecule has 1 aliphatic rings. The van der Waals surface area contributed by atoms with Crippen LogP contribution in [0.1, 0.15) is 33.6 Å². The lowest BCUT2D eigenvalue weighted by molar-refractivity contribution is -0.125. The van der Waals surface area contributed by atoms with Gasteiger partial charge in [-0.15, -0.1) is 0 Å². The number of hydrogen-bond donors (Lipinski definition) is 0. The average Bonchev–Trinajstić information content (AvgIpc) is 2.69. The van der Waals surface area contributed by atoms with E-state index in [1.807, 2.05) is 13.8 Å². The van der Waals surface area contributed by atoms with Crippen LogP contribution < -0.4 is 0 Å². The molecule has 0 aromatic carbocycles. The Labute approximate surface area is 81.3 Å². The van der Waals surface area contributed by atoms with Crippen molar-refractivity contribution in [2.45, 2.75) is 33.6 Å². The molecule has 2 heteroatoms. The third-order valence-corrected chi connectivity index (χ3v) is 2.89. The highest BCUT2D eigenvalue weighted by Gasteiger charge is 2.28. The highest BCUT2D eigenvalue weighted by atomic mass is 16.1. The topological polar surface area (TPSA) is 20.3 Å².